The molecule has 0 radical (unpaired) electrons. The Hall–Kier alpha value is -2.87. The molecule has 0 spiro atoms. The van der Waals surface area contributed by atoms with E-state index in [1.807, 2.05) is 18.2 Å². The molecule has 0 aliphatic carbocycles. The Morgan fingerprint density at radius 2 is 1.58 bits per heavy atom. The molecule has 33 heavy (non-hydrogen) atoms. The Balaban J connectivity index is 1.47. The first kappa shape index (κ1) is 23.3. The molecule has 6 nitrogen and oxygen atoms in total. The second-order valence-electron chi connectivity index (χ2n) is 8.05. The topological polar surface area (TPSA) is 84.5 Å². The second-order valence-corrected chi connectivity index (χ2v) is 10.1. The average molecular weight is 485 g/mol. The molecule has 3 aromatic rings. The van der Waals surface area contributed by atoms with E-state index in [0.29, 0.717) is 19.8 Å². The van der Waals surface area contributed by atoms with Crippen molar-refractivity contribution in [2.24, 2.45) is 0 Å². The van der Waals surface area contributed by atoms with Crippen LogP contribution in [0.2, 0.25) is 5.02 Å². The summed E-state index contributed by atoms with van der Waals surface area (Å²) < 4.78 is 33.1. The van der Waals surface area contributed by atoms with E-state index in [0.717, 1.165) is 12.8 Å². The third kappa shape index (κ3) is 5.38. The summed E-state index contributed by atoms with van der Waals surface area (Å²) in [5.41, 5.74) is 1.54. The molecule has 2 N–H and O–H groups in total. The highest BCUT2D eigenvalue weighted by Crippen LogP contribution is 2.34. The number of rotatable bonds is 7. The van der Waals surface area contributed by atoms with Crippen LogP contribution in [0.4, 0.5) is 5.69 Å². The molecule has 1 saturated heterocycles. The third-order valence-electron chi connectivity index (χ3n) is 5.94. The number of anilines is 1. The van der Waals surface area contributed by atoms with Gasteiger partial charge >= 0.3 is 0 Å². The Labute approximate surface area is 199 Å². The standard InChI is InChI=1S/C25H25ClN2O4S/c26-23-17-20(28-33(30,31)21-9-5-2-6-10-21)11-12-22(23)24(29)27-18-25(13-15-32-16-14-25)19-7-3-1-4-8-19/h1-12,17,28H,13-16,18H2,(H,27,29). The van der Waals surface area contributed by atoms with Gasteiger partial charge in [0.05, 0.1) is 21.2 Å². The van der Waals surface area contributed by atoms with Crippen LogP contribution in [0.3, 0.4) is 0 Å². The van der Waals surface area contributed by atoms with Gasteiger partial charge in [0.1, 0.15) is 0 Å². The van der Waals surface area contributed by atoms with E-state index in [-0.39, 0.29) is 32.5 Å². The molecule has 1 aliphatic heterocycles. The molecular formula is C25H25ClN2O4S. The maximum Gasteiger partial charge on any atom is 0.261 e. The van der Waals surface area contributed by atoms with Crippen molar-refractivity contribution in [2.45, 2.75) is 23.2 Å². The minimum atomic E-state index is -3.75. The number of carbonyl (C=O) groups excluding carboxylic acids is 1. The fourth-order valence-corrected chi connectivity index (χ4v) is 5.38. The number of hydrogen-bond acceptors (Lipinski definition) is 4. The summed E-state index contributed by atoms with van der Waals surface area (Å²) in [5, 5.41) is 3.19. The lowest BCUT2D eigenvalue weighted by molar-refractivity contribution is 0.0487. The number of amides is 1. The minimum Gasteiger partial charge on any atom is -0.381 e. The molecule has 3 aromatic carbocycles. The summed E-state index contributed by atoms with van der Waals surface area (Å²) in [6, 6.07) is 22.7. The van der Waals surface area contributed by atoms with Crippen LogP contribution in [-0.4, -0.2) is 34.1 Å². The van der Waals surface area contributed by atoms with Crippen molar-refractivity contribution in [3.63, 3.8) is 0 Å². The zero-order valence-electron chi connectivity index (χ0n) is 18.0. The normalized spacial score (nSPS) is 15.5. The Bertz CT molecular complexity index is 1210. The predicted octanol–water partition coefficient (Wildman–Crippen LogP) is 4.62. The fraction of sp³-hybridized carbons (Fsp3) is 0.240. The smallest absolute Gasteiger partial charge is 0.261 e. The Kier molecular flexibility index (Phi) is 7.02. The molecule has 0 atom stereocenters. The van der Waals surface area contributed by atoms with Crippen LogP contribution in [0.15, 0.2) is 83.8 Å². The third-order valence-corrected chi connectivity index (χ3v) is 7.65. The summed E-state index contributed by atoms with van der Waals surface area (Å²) in [6.45, 7) is 1.74. The molecule has 0 aromatic heterocycles. The molecule has 8 heteroatoms. The van der Waals surface area contributed by atoms with Crippen LogP contribution in [0.25, 0.3) is 0 Å². The lowest BCUT2D eigenvalue weighted by atomic mass is 9.74. The lowest BCUT2D eigenvalue weighted by Gasteiger charge is -2.38. The zero-order valence-corrected chi connectivity index (χ0v) is 19.5. The summed E-state index contributed by atoms with van der Waals surface area (Å²) in [7, 11) is -3.75. The summed E-state index contributed by atoms with van der Waals surface area (Å²) in [4.78, 5) is 13.1. The van der Waals surface area contributed by atoms with Gasteiger partial charge < -0.3 is 10.1 Å². The first-order valence-electron chi connectivity index (χ1n) is 10.7. The molecule has 1 amide bonds. The van der Waals surface area contributed by atoms with Crippen molar-refractivity contribution < 1.29 is 17.9 Å². The summed E-state index contributed by atoms with van der Waals surface area (Å²) in [5.74, 6) is -0.306. The van der Waals surface area contributed by atoms with E-state index in [2.05, 4.69) is 22.2 Å². The van der Waals surface area contributed by atoms with Gasteiger partial charge in [-0.25, -0.2) is 8.42 Å². The van der Waals surface area contributed by atoms with Crippen LogP contribution in [0.1, 0.15) is 28.8 Å². The van der Waals surface area contributed by atoms with Crippen molar-refractivity contribution in [3.05, 3.63) is 95.0 Å². The van der Waals surface area contributed by atoms with Crippen LogP contribution in [0, 0.1) is 0 Å². The van der Waals surface area contributed by atoms with Crippen LogP contribution in [-0.2, 0) is 20.2 Å². The van der Waals surface area contributed by atoms with E-state index < -0.39 is 10.0 Å². The molecular weight excluding hydrogens is 460 g/mol. The number of hydrogen-bond donors (Lipinski definition) is 2. The average Bonchev–Trinajstić information content (AvgIpc) is 2.84. The summed E-state index contributed by atoms with van der Waals surface area (Å²) >= 11 is 6.36. The first-order chi connectivity index (χ1) is 15.9. The van der Waals surface area contributed by atoms with Gasteiger partial charge in [-0.2, -0.15) is 0 Å². The van der Waals surface area contributed by atoms with Crippen LogP contribution in [0.5, 0.6) is 0 Å². The maximum absolute atomic E-state index is 12.9. The van der Waals surface area contributed by atoms with Gasteiger partial charge in [0.2, 0.25) is 0 Å². The predicted molar refractivity (Wildman–Crippen MR) is 129 cm³/mol. The molecule has 0 unspecified atom stereocenters. The van der Waals surface area contributed by atoms with Crippen molar-refractivity contribution in [1.82, 2.24) is 5.32 Å². The van der Waals surface area contributed by atoms with Gasteiger partial charge in [0, 0.05) is 25.2 Å². The number of ether oxygens (including phenoxy) is 1. The van der Waals surface area contributed by atoms with Crippen LogP contribution < -0.4 is 10.0 Å². The number of nitrogens with one attached hydrogen (secondary N) is 2. The number of halogens is 1. The maximum atomic E-state index is 12.9. The number of benzene rings is 3. The summed E-state index contributed by atoms with van der Waals surface area (Å²) in [6.07, 6.45) is 1.62. The monoisotopic (exact) mass is 484 g/mol. The van der Waals surface area contributed by atoms with Crippen molar-refractivity contribution in [2.75, 3.05) is 24.5 Å². The van der Waals surface area contributed by atoms with Crippen molar-refractivity contribution in [3.8, 4) is 0 Å². The SMILES string of the molecule is O=C(NCC1(c2ccccc2)CCOCC1)c1ccc(NS(=O)(=O)c2ccccc2)cc1Cl. The first-order valence-corrected chi connectivity index (χ1v) is 12.5. The van der Waals surface area contributed by atoms with E-state index in [9.17, 15) is 13.2 Å². The molecule has 1 fully saturated rings. The van der Waals surface area contributed by atoms with E-state index in [1.165, 1.54) is 35.9 Å². The highest BCUT2D eigenvalue weighted by atomic mass is 35.5. The lowest BCUT2D eigenvalue weighted by Crippen LogP contribution is -2.44. The minimum absolute atomic E-state index is 0.144. The molecule has 4 rings (SSSR count). The van der Waals surface area contributed by atoms with Gasteiger partial charge in [-0.15, -0.1) is 0 Å². The molecule has 0 saturated carbocycles. The zero-order chi connectivity index (χ0) is 23.3. The van der Waals surface area contributed by atoms with Gasteiger partial charge in [-0.05, 0) is 48.7 Å². The quantitative estimate of drug-likeness (QED) is 0.512. The molecule has 1 heterocycles. The molecule has 172 valence electrons. The van der Waals surface area contributed by atoms with Gasteiger partial charge in [-0.3, -0.25) is 9.52 Å². The largest absolute Gasteiger partial charge is 0.381 e. The Morgan fingerprint density at radius 3 is 2.21 bits per heavy atom. The van der Waals surface area contributed by atoms with Crippen molar-refractivity contribution in [1.29, 1.82) is 0 Å². The van der Waals surface area contributed by atoms with Crippen molar-refractivity contribution >= 4 is 33.2 Å². The molecule has 0 bridgehead atoms. The number of sulfonamides is 1. The second kappa shape index (κ2) is 9.95. The van der Waals surface area contributed by atoms with Gasteiger partial charge in [-0.1, -0.05) is 60.1 Å². The van der Waals surface area contributed by atoms with Crippen LogP contribution >= 0.6 is 11.6 Å². The highest BCUT2D eigenvalue weighted by Gasteiger charge is 2.35. The van der Waals surface area contributed by atoms with E-state index in [1.54, 1.807) is 18.2 Å². The van der Waals surface area contributed by atoms with E-state index >= 15 is 0 Å². The van der Waals surface area contributed by atoms with Gasteiger partial charge in [0.25, 0.3) is 15.9 Å². The highest BCUT2D eigenvalue weighted by molar-refractivity contribution is 7.92. The van der Waals surface area contributed by atoms with E-state index in [4.69, 9.17) is 16.3 Å². The Morgan fingerprint density at radius 1 is 0.939 bits per heavy atom. The van der Waals surface area contributed by atoms with Gasteiger partial charge in [0.15, 0.2) is 0 Å². The fourth-order valence-electron chi connectivity index (χ4n) is 4.04. The molecule has 1 aliphatic rings. The number of carbonyl (C=O) groups is 1.